The molecule has 1 heterocycles. The van der Waals surface area contributed by atoms with Crippen LogP contribution in [0.2, 0.25) is 0 Å². The van der Waals surface area contributed by atoms with Crippen molar-refractivity contribution in [3.8, 4) is 0 Å². The van der Waals surface area contributed by atoms with Crippen molar-refractivity contribution < 1.29 is 4.42 Å². The molecule has 0 aliphatic carbocycles. The van der Waals surface area contributed by atoms with Crippen molar-refractivity contribution in [3.63, 3.8) is 0 Å². The normalized spacial score (nSPS) is 11.6. The zero-order valence-corrected chi connectivity index (χ0v) is 15.6. The standard InChI is InChI=1S/C18H20O.2C2H6/c1-5-9-11-15(7-3)17-13-14-18(19-17)16(8-4)12-10-6-2;2*1-2/h5-14H,1,4H2,2-3H3;2*1-2H3/b10-6-,11-9-,15-7+,16-12+;;. The topological polar surface area (TPSA) is 13.1 Å². The average Bonchev–Trinajstić information content (AvgIpc) is 3.10. The van der Waals surface area contributed by atoms with Gasteiger partial charge in [-0.1, -0.05) is 89.5 Å². The Bertz CT molecular complexity index is 548. The quantitative estimate of drug-likeness (QED) is 0.492. The highest BCUT2D eigenvalue weighted by atomic mass is 16.3. The van der Waals surface area contributed by atoms with Crippen LogP contribution in [-0.4, -0.2) is 0 Å². The highest BCUT2D eigenvalue weighted by molar-refractivity contribution is 5.75. The summed E-state index contributed by atoms with van der Waals surface area (Å²) in [7, 11) is 0. The second-order valence-corrected chi connectivity index (χ2v) is 3.85. The zero-order valence-electron chi connectivity index (χ0n) is 15.6. The van der Waals surface area contributed by atoms with Crippen molar-refractivity contribution in [1.82, 2.24) is 0 Å². The second-order valence-electron chi connectivity index (χ2n) is 3.85. The summed E-state index contributed by atoms with van der Waals surface area (Å²) in [6.45, 7) is 19.4. The van der Waals surface area contributed by atoms with E-state index in [4.69, 9.17) is 4.42 Å². The lowest BCUT2D eigenvalue weighted by Gasteiger charge is -1.98. The molecule has 0 radical (unpaired) electrons. The summed E-state index contributed by atoms with van der Waals surface area (Å²) in [6.07, 6.45) is 15.3. The fraction of sp³-hybridized carbons (Fsp3) is 0.273. The predicted octanol–water partition coefficient (Wildman–Crippen LogP) is 7.62. The lowest BCUT2D eigenvalue weighted by Crippen LogP contribution is -1.77. The zero-order chi connectivity index (χ0) is 18.1. The van der Waals surface area contributed by atoms with Gasteiger partial charge in [-0.15, -0.1) is 0 Å². The fourth-order valence-corrected chi connectivity index (χ4v) is 1.59. The van der Waals surface area contributed by atoms with Gasteiger partial charge in [0.1, 0.15) is 11.5 Å². The van der Waals surface area contributed by atoms with Crippen LogP contribution in [0.4, 0.5) is 0 Å². The summed E-state index contributed by atoms with van der Waals surface area (Å²) in [6, 6.07) is 3.92. The molecule has 1 aromatic rings. The molecule has 1 nitrogen and oxygen atoms in total. The van der Waals surface area contributed by atoms with Crippen LogP contribution in [-0.2, 0) is 0 Å². The van der Waals surface area contributed by atoms with E-state index in [0.717, 1.165) is 22.7 Å². The summed E-state index contributed by atoms with van der Waals surface area (Å²) >= 11 is 0. The molecule has 0 aliphatic rings. The van der Waals surface area contributed by atoms with E-state index in [1.807, 2.05) is 90.1 Å². The first-order valence-electron chi connectivity index (χ1n) is 8.28. The molecule has 0 aromatic carbocycles. The van der Waals surface area contributed by atoms with E-state index in [1.165, 1.54) is 0 Å². The Morgan fingerprint density at radius 2 is 1.48 bits per heavy atom. The molecular weight excluding hydrogens is 280 g/mol. The molecule has 1 rings (SSSR count). The van der Waals surface area contributed by atoms with Crippen molar-refractivity contribution in [2.45, 2.75) is 41.5 Å². The maximum absolute atomic E-state index is 5.86. The minimum Gasteiger partial charge on any atom is -0.456 e. The van der Waals surface area contributed by atoms with Crippen LogP contribution in [0.5, 0.6) is 0 Å². The molecule has 1 heteroatoms. The highest BCUT2D eigenvalue weighted by Gasteiger charge is 2.06. The Morgan fingerprint density at radius 3 is 1.91 bits per heavy atom. The van der Waals surface area contributed by atoms with Gasteiger partial charge in [0, 0.05) is 11.1 Å². The number of allylic oxidation sites excluding steroid dienone is 10. The van der Waals surface area contributed by atoms with Crippen LogP contribution in [0, 0.1) is 0 Å². The van der Waals surface area contributed by atoms with Gasteiger partial charge in [0.25, 0.3) is 0 Å². The Labute approximate surface area is 143 Å². The van der Waals surface area contributed by atoms with Crippen LogP contribution in [0.15, 0.2) is 78.3 Å². The maximum atomic E-state index is 5.86. The van der Waals surface area contributed by atoms with Gasteiger partial charge in [-0.3, -0.25) is 0 Å². The summed E-state index contributed by atoms with van der Waals surface area (Å²) < 4.78 is 5.86. The van der Waals surface area contributed by atoms with Crippen LogP contribution in [0.3, 0.4) is 0 Å². The molecule has 0 saturated heterocycles. The first kappa shape index (κ1) is 23.0. The van der Waals surface area contributed by atoms with Crippen molar-refractivity contribution in [1.29, 1.82) is 0 Å². The largest absolute Gasteiger partial charge is 0.456 e. The average molecular weight is 312 g/mol. The maximum Gasteiger partial charge on any atom is 0.134 e. The number of hydrogen-bond donors (Lipinski definition) is 0. The van der Waals surface area contributed by atoms with E-state index >= 15 is 0 Å². The third-order valence-corrected chi connectivity index (χ3v) is 2.59. The van der Waals surface area contributed by atoms with Crippen LogP contribution >= 0.6 is 0 Å². The van der Waals surface area contributed by atoms with Gasteiger partial charge in [-0.2, -0.15) is 0 Å². The van der Waals surface area contributed by atoms with Gasteiger partial charge in [0.15, 0.2) is 0 Å². The van der Waals surface area contributed by atoms with Gasteiger partial charge >= 0.3 is 0 Å². The molecule has 0 amide bonds. The van der Waals surface area contributed by atoms with Gasteiger partial charge in [-0.05, 0) is 26.0 Å². The molecule has 126 valence electrons. The molecule has 0 atom stereocenters. The van der Waals surface area contributed by atoms with E-state index < -0.39 is 0 Å². The van der Waals surface area contributed by atoms with Crippen LogP contribution in [0.25, 0.3) is 11.1 Å². The van der Waals surface area contributed by atoms with Gasteiger partial charge in [-0.25, -0.2) is 0 Å². The van der Waals surface area contributed by atoms with Crippen LogP contribution in [0.1, 0.15) is 53.1 Å². The third-order valence-electron chi connectivity index (χ3n) is 2.59. The Kier molecular flexibility index (Phi) is 16.1. The van der Waals surface area contributed by atoms with Crippen molar-refractivity contribution in [2.24, 2.45) is 0 Å². The van der Waals surface area contributed by atoms with Gasteiger partial charge in [0.2, 0.25) is 0 Å². The molecule has 1 aromatic heterocycles. The Hall–Kier alpha value is -2.28. The van der Waals surface area contributed by atoms with E-state index in [-0.39, 0.29) is 0 Å². The van der Waals surface area contributed by atoms with E-state index in [9.17, 15) is 0 Å². The smallest absolute Gasteiger partial charge is 0.134 e. The van der Waals surface area contributed by atoms with E-state index in [0.29, 0.717) is 0 Å². The Morgan fingerprint density at radius 1 is 0.913 bits per heavy atom. The van der Waals surface area contributed by atoms with Gasteiger partial charge < -0.3 is 4.42 Å². The molecule has 0 fully saturated rings. The van der Waals surface area contributed by atoms with Crippen LogP contribution < -0.4 is 0 Å². The summed E-state index contributed by atoms with van der Waals surface area (Å²) in [5.74, 6) is 1.65. The van der Waals surface area contributed by atoms with Gasteiger partial charge in [0.05, 0.1) is 0 Å². The molecule has 0 spiro atoms. The molecule has 0 aliphatic heterocycles. The highest BCUT2D eigenvalue weighted by Crippen LogP contribution is 2.24. The molecule has 0 bridgehead atoms. The fourth-order valence-electron chi connectivity index (χ4n) is 1.59. The first-order chi connectivity index (χ1) is 11.3. The second kappa shape index (κ2) is 16.1. The molecule has 0 saturated carbocycles. The number of furan rings is 1. The summed E-state index contributed by atoms with van der Waals surface area (Å²) in [4.78, 5) is 0. The Balaban J connectivity index is 0. The molecule has 23 heavy (non-hydrogen) atoms. The van der Waals surface area contributed by atoms with E-state index in [1.54, 1.807) is 12.2 Å². The van der Waals surface area contributed by atoms with Crippen molar-refractivity contribution >= 4 is 11.1 Å². The minimum atomic E-state index is 0.814. The third kappa shape index (κ3) is 8.67. The lowest BCUT2D eigenvalue weighted by atomic mass is 10.1. The first-order valence-corrected chi connectivity index (χ1v) is 8.28. The molecular formula is C22H32O. The monoisotopic (exact) mass is 312 g/mol. The number of rotatable bonds is 6. The van der Waals surface area contributed by atoms with Crippen molar-refractivity contribution in [3.05, 3.63) is 85.4 Å². The lowest BCUT2D eigenvalue weighted by molar-refractivity contribution is 0.541. The minimum absolute atomic E-state index is 0.814. The van der Waals surface area contributed by atoms with Crippen molar-refractivity contribution in [2.75, 3.05) is 0 Å². The molecule has 0 unspecified atom stereocenters. The SMILES string of the molecule is C=C/C=C\C(=C/C)c1ccc(/C(C=C)=C/C=C\C)o1.CC.CC. The molecule has 0 N–H and O–H groups in total. The van der Waals surface area contributed by atoms with E-state index in [2.05, 4.69) is 13.2 Å². The summed E-state index contributed by atoms with van der Waals surface area (Å²) in [5, 5.41) is 0. The number of hydrogen-bond acceptors (Lipinski definition) is 1. The summed E-state index contributed by atoms with van der Waals surface area (Å²) in [5.41, 5.74) is 1.99. The predicted molar refractivity (Wildman–Crippen MR) is 107 cm³/mol.